The highest BCUT2D eigenvalue weighted by molar-refractivity contribution is 5.86. The number of carbonyl (C=O) groups excluding carboxylic acids is 1. The molecule has 1 atom stereocenters. The number of hydrogen-bond donors (Lipinski definition) is 2. The van der Waals surface area contributed by atoms with Gasteiger partial charge >= 0.3 is 0 Å². The Morgan fingerprint density at radius 2 is 1.86 bits per heavy atom. The maximum absolute atomic E-state index is 12.2. The van der Waals surface area contributed by atoms with Crippen molar-refractivity contribution < 1.29 is 9.53 Å². The predicted molar refractivity (Wildman–Crippen MR) is 85.9 cm³/mol. The van der Waals surface area contributed by atoms with Gasteiger partial charge in [0, 0.05) is 0 Å². The van der Waals surface area contributed by atoms with Crippen LogP contribution in [0.3, 0.4) is 0 Å². The standard InChI is InChI=1S/C17H28N2O2/c1-5-12-19-17(15(18)20,13-21-16(3,4)6-2)14-10-8-7-9-11-14/h7-11,19H,5-6,12-13H2,1-4H3,(H2,18,20). The molecule has 0 bridgehead atoms. The van der Waals surface area contributed by atoms with Gasteiger partial charge in [0.25, 0.3) is 0 Å². The largest absolute Gasteiger partial charge is 0.373 e. The van der Waals surface area contributed by atoms with E-state index in [1.165, 1.54) is 0 Å². The van der Waals surface area contributed by atoms with Gasteiger partial charge in [0.2, 0.25) is 5.91 Å². The lowest BCUT2D eigenvalue weighted by molar-refractivity contribution is -0.131. The fourth-order valence-electron chi connectivity index (χ4n) is 2.00. The zero-order valence-electron chi connectivity index (χ0n) is 13.6. The van der Waals surface area contributed by atoms with Crippen LogP contribution in [0.1, 0.15) is 46.1 Å². The molecule has 0 saturated carbocycles. The Labute approximate surface area is 128 Å². The van der Waals surface area contributed by atoms with Gasteiger partial charge in [-0.3, -0.25) is 10.1 Å². The third-order valence-electron chi connectivity index (χ3n) is 3.89. The van der Waals surface area contributed by atoms with Crippen molar-refractivity contribution in [3.8, 4) is 0 Å². The van der Waals surface area contributed by atoms with E-state index in [0.717, 1.165) is 18.4 Å². The smallest absolute Gasteiger partial charge is 0.244 e. The lowest BCUT2D eigenvalue weighted by Gasteiger charge is -2.35. The molecule has 118 valence electrons. The molecule has 1 aromatic carbocycles. The molecule has 0 aliphatic heterocycles. The Bertz CT molecular complexity index is 445. The molecule has 0 aliphatic carbocycles. The fourth-order valence-corrected chi connectivity index (χ4v) is 2.00. The summed E-state index contributed by atoms with van der Waals surface area (Å²) in [5, 5.41) is 3.30. The molecule has 1 unspecified atom stereocenters. The quantitative estimate of drug-likeness (QED) is 0.735. The minimum absolute atomic E-state index is 0.229. The predicted octanol–water partition coefficient (Wildman–Crippen LogP) is 2.57. The molecule has 0 radical (unpaired) electrons. The number of nitrogens with two attached hydrogens (primary N) is 1. The summed E-state index contributed by atoms with van der Waals surface area (Å²) in [4.78, 5) is 12.2. The fraction of sp³-hybridized carbons (Fsp3) is 0.588. The van der Waals surface area contributed by atoms with Crippen LogP contribution in [0.25, 0.3) is 0 Å². The second-order valence-electron chi connectivity index (χ2n) is 5.96. The summed E-state index contributed by atoms with van der Waals surface area (Å²) < 4.78 is 5.99. The Morgan fingerprint density at radius 3 is 2.33 bits per heavy atom. The average Bonchev–Trinajstić information content (AvgIpc) is 2.48. The SMILES string of the molecule is CCCNC(COC(C)(C)CC)(C(N)=O)c1ccccc1. The van der Waals surface area contributed by atoms with Crippen LogP contribution in [0.2, 0.25) is 0 Å². The minimum atomic E-state index is -0.982. The molecule has 0 heterocycles. The number of nitrogens with one attached hydrogen (secondary N) is 1. The van der Waals surface area contributed by atoms with Crippen molar-refractivity contribution in [3.05, 3.63) is 35.9 Å². The molecule has 0 aromatic heterocycles. The number of carbonyl (C=O) groups is 1. The summed E-state index contributed by atoms with van der Waals surface area (Å²) in [6, 6.07) is 9.56. The third kappa shape index (κ3) is 4.55. The van der Waals surface area contributed by atoms with Gasteiger partial charge in [0.05, 0.1) is 12.2 Å². The van der Waals surface area contributed by atoms with Crippen molar-refractivity contribution in [2.45, 2.75) is 51.7 Å². The van der Waals surface area contributed by atoms with Gasteiger partial charge in [0.1, 0.15) is 5.54 Å². The van der Waals surface area contributed by atoms with Crippen LogP contribution in [0, 0.1) is 0 Å². The van der Waals surface area contributed by atoms with E-state index in [1.807, 2.05) is 44.2 Å². The molecule has 0 spiro atoms. The van der Waals surface area contributed by atoms with E-state index >= 15 is 0 Å². The normalized spacial score (nSPS) is 14.7. The van der Waals surface area contributed by atoms with Gasteiger partial charge < -0.3 is 10.5 Å². The number of rotatable bonds is 9. The summed E-state index contributed by atoms with van der Waals surface area (Å²) in [5.74, 6) is -0.408. The molecule has 4 nitrogen and oxygen atoms in total. The maximum atomic E-state index is 12.2. The lowest BCUT2D eigenvalue weighted by Crippen LogP contribution is -2.57. The molecular weight excluding hydrogens is 264 g/mol. The Morgan fingerprint density at radius 1 is 1.24 bits per heavy atom. The van der Waals surface area contributed by atoms with E-state index < -0.39 is 11.4 Å². The minimum Gasteiger partial charge on any atom is -0.373 e. The van der Waals surface area contributed by atoms with Crippen molar-refractivity contribution >= 4 is 5.91 Å². The average molecular weight is 292 g/mol. The second kappa shape index (κ2) is 7.57. The van der Waals surface area contributed by atoms with Crippen LogP contribution in [0.5, 0.6) is 0 Å². The molecule has 1 amide bonds. The van der Waals surface area contributed by atoms with Gasteiger partial charge in [-0.05, 0) is 38.8 Å². The first-order chi connectivity index (χ1) is 9.88. The van der Waals surface area contributed by atoms with Gasteiger partial charge in [-0.2, -0.15) is 0 Å². The van der Waals surface area contributed by atoms with E-state index in [2.05, 4.69) is 19.2 Å². The molecule has 4 heteroatoms. The van der Waals surface area contributed by atoms with Gasteiger partial charge in [-0.25, -0.2) is 0 Å². The summed E-state index contributed by atoms with van der Waals surface area (Å²) >= 11 is 0. The van der Waals surface area contributed by atoms with Gasteiger partial charge in [-0.15, -0.1) is 0 Å². The second-order valence-corrected chi connectivity index (χ2v) is 5.96. The Hall–Kier alpha value is -1.39. The van der Waals surface area contributed by atoms with Gasteiger partial charge in [-0.1, -0.05) is 44.2 Å². The van der Waals surface area contributed by atoms with E-state index in [1.54, 1.807) is 0 Å². The van der Waals surface area contributed by atoms with E-state index in [9.17, 15) is 4.79 Å². The van der Waals surface area contributed by atoms with Crippen molar-refractivity contribution in [3.63, 3.8) is 0 Å². The first-order valence-corrected chi connectivity index (χ1v) is 7.62. The molecule has 0 saturated heterocycles. The summed E-state index contributed by atoms with van der Waals surface area (Å²) in [5.41, 5.74) is 5.31. The first kappa shape index (κ1) is 17.7. The molecule has 1 aromatic rings. The molecule has 21 heavy (non-hydrogen) atoms. The molecule has 3 N–H and O–H groups in total. The third-order valence-corrected chi connectivity index (χ3v) is 3.89. The number of ether oxygens (including phenoxy) is 1. The monoisotopic (exact) mass is 292 g/mol. The van der Waals surface area contributed by atoms with E-state index in [4.69, 9.17) is 10.5 Å². The highest BCUT2D eigenvalue weighted by Crippen LogP contribution is 2.25. The summed E-state index contributed by atoms with van der Waals surface area (Å²) in [6.45, 7) is 9.09. The van der Waals surface area contributed by atoms with Crippen molar-refractivity contribution in [2.75, 3.05) is 13.2 Å². The van der Waals surface area contributed by atoms with Crippen LogP contribution in [-0.2, 0) is 15.1 Å². The molecule has 0 aliphatic rings. The lowest BCUT2D eigenvalue weighted by atomic mass is 9.89. The first-order valence-electron chi connectivity index (χ1n) is 7.62. The van der Waals surface area contributed by atoms with Crippen LogP contribution >= 0.6 is 0 Å². The van der Waals surface area contributed by atoms with Crippen LogP contribution in [-0.4, -0.2) is 24.7 Å². The number of benzene rings is 1. The van der Waals surface area contributed by atoms with Crippen LogP contribution in [0.15, 0.2) is 30.3 Å². The number of amides is 1. The highest BCUT2D eigenvalue weighted by atomic mass is 16.5. The number of primary amides is 1. The summed E-state index contributed by atoms with van der Waals surface area (Å²) in [6.07, 6.45) is 1.78. The highest BCUT2D eigenvalue weighted by Gasteiger charge is 2.39. The zero-order valence-corrected chi connectivity index (χ0v) is 13.6. The van der Waals surface area contributed by atoms with Crippen molar-refractivity contribution in [1.29, 1.82) is 0 Å². The van der Waals surface area contributed by atoms with Crippen molar-refractivity contribution in [1.82, 2.24) is 5.32 Å². The van der Waals surface area contributed by atoms with E-state index in [0.29, 0.717) is 6.54 Å². The van der Waals surface area contributed by atoms with E-state index in [-0.39, 0.29) is 12.2 Å². The van der Waals surface area contributed by atoms with Gasteiger partial charge in [0.15, 0.2) is 0 Å². The topological polar surface area (TPSA) is 64.3 Å². The molecule has 1 rings (SSSR count). The van der Waals surface area contributed by atoms with Crippen LogP contribution in [0.4, 0.5) is 0 Å². The Kier molecular flexibility index (Phi) is 6.37. The Balaban J connectivity index is 3.10. The summed E-state index contributed by atoms with van der Waals surface area (Å²) in [7, 11) is 0. The molecule has 0 fully saturated rings. The zero-order chi connectivity index (χ0) is 15.9. The molecular formula is C17H28N2O2. The maximum Gasteiger partial charge on any atom is 0.244 e. The number of hydrogen-bond acceptors (Lipinski definition) is 3. The van der Waals surface area contributed by atoms with Crippen molar-refractivity contribution in [2.24, 2.45) is 5.73 Å². The van der Waals surface area contributed by atoms with Crippen LogP contribution < -0.4 is 11.1 Å².